The van der Waals surface area contributed by atoms with E-state index in [-0.39, 0.29) is 16.1 Å². The summed E-state index contributed by atoms with van der Waals surface area (Å²) in [6.07, 6.45) is 1.60. The van der Waals surface area contributed by atoms with Gasteiger partial charge < -0.3 is 0 Å². The lowest BCUT2D eigenvalue weighted by molar-refractivity contribution is 0.103. The average Bonchev–Trinajstić information content (AvgIpc) is 2.50. The smallest absolute Gasteiger partial charge is 0.196 e. The topological polar surface area (TPSA) is 30.0 Å². The van der Waals surface area contributed by atoms with Crippen LogP contribution in [0.25, 0.3) is 10.9 Å². The molecule has 0 amide bonds. The molecule has 3 aromatic rings. The van der Waals surface area contributed by atoms with E-state index >= 15 is 0 Å². The third-order valence-corrected chi connectivity index (χ3v) is 3.41. The lowest BCUT2D eigenvalue weighted by atomic mass is 10.0. The van der Waals surface area contributed by atoms with Crippen molar-refractivity contribution in [3.63, 3.8) is 0 Å². The number of benzene rings is 2. The molecule has 0 unspecified atom stereocenters. The van der Waals surface area contributed by atoms with Crippen LogP contribution in [0.15, 0.2) is 48.7 Å². The Labute approximate surface area is 124 Å². The number of pyridine rings is 1. The maximum absolute atomic E-state index is 13.8. The highest BCUT2D eigenvalue weighted by Gasteiger charge is 2.17. The Morgan fingerprint density at radius 3 is 2.67 bits per heavy atom. The molecule has 0 saturated carbocycles. The van der Waals surface area contributed by atoms with Gasteiger partial charge in [0.2, 0.25) is 0 Å². The second kappa shape index (κ2) is 5.22. The number of hydrogen-bond donors (Lipinski definition) is 0. The number of ketones is 1. The maximum Gasteiger partial charge on any atom is 0.196 e. The van der Waals surface area contributed by atoms with Gasteiger partial charge in [0.1, 0.15) is 11.6 Å². The van der Waals surface area contributed by atoms with Crippen LogP contribution in [0.3, 0.4) is 0 Å². The van der Waals surface area contributed by atoms with Crippen molar-refractivity contribution in [3.05, 3.63) is 76.4 Å². The van der Waals surface area contributed by atoms with Crippen molar-refractivity contribution >= 4 is 28.3 Å². The van der Waals surface area contributed by atoms with E-state index in [4.69, 9.17) is 11.6 Å². The van der Waals surface area contributed by atoms with Crippen LogP contribution in [0.1, 0.15) is 15.9 Å². The fourth-order valence-corrected chi connectivity index (χ4v) is 2.21. The largest absolute Gasteiger partial charge is 0.288 e. The van der Waals surface area contributed by atoms with Gasteiger partial charge in [0.15, 0.2) is 5.78 Å². The van der Waals surface area contributed by atoms with Gasteiger partial charge in [0, 0.05) is 17.1 Å². The Morgan fingerprint density at radius 2 is 1.86 bits per heavy atom. The molecular formula is C16H8ClF2NO. The SMILES string of the molecule is O=C(c1ccc2cccnc2c1)c1cc(F)c(Cl)cc1F. The number of nitrogens with zero attached hydrogens (tertiary/aromatic N) is 1. The van der Waals surface area contributed by atoms with Crippen LogP contribution in [0.4, 0.5) is 8.78 Å². The molecule has 2 aromatic carbocycles. The highest BCUT2D eigenvalue weighted by atomic mass is 35.5. The van der Waals surface area contributed by atoms with Crippen LogP contribution in [0.2, 0.25) is 5.02 Å². The summed E-state index contributed by atoms with van der Waals surface area (Å²) in [7, 11) is 0. The zero-order valence-corrected chi connectivity index (χ0v) is 11.4. The number of carbonyl (C=O) groups excluding carboxylic acids is 1. The molecule has 104 valence electrons. The molecule has 0 spiro atoms. The monoisotopic (exact) mass is 303 g/mol. The van der Waals surface area contributed by atoms with E-state index in [1.807, 2.05) is 6.07 Å². The number of halogens is 3. The summed E-state index contributed by atoms with van der Waals surface area (Å²) in [4.78, 5) is 16.4. The molecule has 0 aliphatic rings. The van der Waals surface area contributed by atoms with Crippen LogP contribution in [-0.2, 0) is 0 Å². The Hall–Kier alpha value is -2.33. The lowest BCUT2D eigenvalue weighted by Gasteiger charge is -2.05. The molecule has 0 fully saturated rings. The van der Waals surface area contributed by atoms with Crippen molar-refractivity contribution in [1.29, 1.82) is 0 Å². The van der Waals surface area contributed by atoms with Crippen LogP contribution in [0, 0.1) is 11.6 Å². The van der Waals surface area contributed by atoms with Crippen molar-refractivity contribution in [2.24, 2.45) is 0 Å². The zero-order valence-electron chi connectivity index (χ0n) is 10.6. The standard InChI is InChI=1S/C16H8ClF2NO/c17-12-8-13(18)11(7-14(12)19)16(21)10-4-3-9-2-1-5-20-15(9)6-10/h1-8H. The van der Waals surface area contributed by atoms with E-state index < -0.39 is 17.4 Å². The first-order valence-electron chi connectivity index (χ1n) is 6.10. The summed E-state index contributed by atoms with van der Waals surface area (Å²) in [5, 5.41) is 0.501. The van der Waals surface area contributed by atoms with Crippen molar-refractivity contribution in [2.75, 3.05) is 0 Å². The number of fused-ring (bicyclic) bond motifs is 1. The molecule has 0 saturated heterocycles. The van der Waals surface area contributed by atoms with Crippen LogP contribution in [-0.4, -0.2) is 10.8 Å². The molecule has 0 aliphatic heterocycles. The second-order valence-corrected chi connectivity index (χ2v) is 4.89. The van der Waals surface area contributed by atoms with E-state index in [1.54, 1.807) is 30.5 Å². The van der Waals surface area contributed by atoms with Crippen LogP contribution >= 0.6 is 11.6 Å². The van der Waals surface area contributed by atoms with E-state index in [2.05, 4.69) is 4.98 Å². The van der Waals surface area contributed by atoms with Gasteiger partial charge >= 0.3 is 0 Å². The van der Waals surface area contributed by atoms with Gasteiger partial charge in [-0.1, -0.05) is 29.8 Å². The molecule has 0 bridgehead atoms. The Kier molecular flexibility index (Phi) is 3.39. The van der Waals surface area contributed by atoms with Crippen LogP contribution in [0.5, 0.6) is 0 Å². The third-order valence-electron chi connectivity index (χ3n) is 3.12. The Balaban J connectivity index is 2.10. The second-order valence-electron chi connectivity index (χ2n) is 4.49. The highest BCUT2D eigenvalue weighted by Crippen LogP contribution is 2.23. The molecule has 21 heavy (non-hydrogen) atoms. The van der Waals surface area contributed by atoms with Crippen molar-refractivity contribution in [2.45, 2.75) is 0 Å². The lowest BCUT2D eigenvalue weighted by Crippen LogP contribution is -2.05. The predicted molar refractivity (Wildman–Crippen MR) is 76.5 cm³/mol. The number of carbonyl (C=O) groups is 1. The first-order chi connectivity index (χ1) is 10.1. The summed E-state index contributed by atoms with van der Waals surface area (Å²) < 4.78 is 27.2. The summed E-state index contributed by atoms with van der Waals surface area (Å²) in [6.45, 7) is 0. The van der Waals surface area contributed by atoms with Gasteiger partial charge in [-0.25, -0.2) is 8.78 Å². The average molecular weight is 304 g/mol. The first kappa shape index (κ1) is 13.6. The summed E-state index contributed by atoms with van der Waals surface area (Å²) >= 11 is 5.48. The zero-order chi connectivity index (χ0) is 15.0. The molecule has 0 aliphatic carbocycles. The predicted octanol–water partition coefficient (Wildman–Crippen LogP) is 4.40. The molecule has 1 aromatic heterocycles. The van der Waals surface area contributed by atoms with Gasteiger partial charge in [-0.05, 0) is 24.3 Å². The summed E-state index contributed by atoms with van der Waals surface area (Å²) in [5.74, 6) is -2.30. The minimum Gasteiger partial charge on any atom is -0.288 e. The normalized spacial score (nSPS) is 10.8. The maximum atomic E-state index is 13.8. The first-order valence-corrected chi connectivity index (χ1v) is 6.48. The van der Waals surface area contributed by atoms with E-state index in [1.165, 1.54) is 0 Å². The van der Waals surface area contributed by atoms with Gasteiger partial charge in [0.25, 0.3) is 0 Å². The minimum absolute atomic E-state index is 0.238. The van der Waals surface area contributed by atoms with Crippen molar-refractivity contribution in [1.82, 2.24) is 4.98 Å². The quantitative estimate of drug-likeness (QED) is 0.519. The van der Waals surface area contributed by atoms with Gasteiger partial charge in [-0.2, -0.15) is 0 Å². The molecule has 5 heteroatoms. The third kappa shape index (κ3) is 2.50. The van der Waals surface area contributed by atoms with E-state index in [9.17, 15) is 13.6 Å². The molecule has 2 nitrogen and oxygen atoms in total. The van der Waals surface area contributed by atoms with Crippen LogP contribution < -0.4 is 0 Å². The fraction of sp³-hybridized carbons (Fsp3) is 0. The summed E-state index contributed by atoms with van der Waals surface area (Å²) in [5.41, 5.74) is 0.493. The van der Waals surface area contributed by atoms with E-state index in [0.29, 0.717) is 5.52 Å². The van der Waals surface area contributed by atoms with Gasteiger partial charge in [-0.3, -0.25) is 9.78 Å². The molecule has 3 rings (SSSR count). The number of hydrogen-bond acceptors (Lipinski definition) is 2. The van der Waals surface area contributed by atoms with E-state index in [0.717, 1.165) is 17.5 Å². The molecule has 0 radical (unpaired) electrons. The Bertz CT molecular complexity index is 864. The minimum atomic E-state index is -0.854. The Morgan fingerprint density at radius 1 is 1.05 bits per heavy atom. The fourth-order valence-electron chi connectivity index (χ4n) is 2.06. The highest BCUT2D eigenvalue weighted by molar-refractivity contribution is 6.31. The molecule has 0 N–H and O–H groups in total. The van der Waals surface area contributed by atoms with Gasteiger partial charge in [0.05, 0.1) is 16.1 Å². The summed E-state index contributed by atoms with van der Waals surface area (Å²) in [6, 6.07) is 10.0. The van der Waals surface area contributed by atoms with Crippen molar-refractivity contribution in [3.8, 4) is 0 Å². The number of aromatic nitrogens is 1. The van der Waals surface area contributed by atoms with Gasteiger partial charge in [-0.15, -0.1) is 0 Å². The van der Waals surface area contributed by atoms with Crippen molar-refractivity contribution < 1.29 is 13.6 Å². The molecule has 0 atom stereocenters. The number of rotatable bonds is 2. The molecular weight excluding hydrogens is 296 g/mol. The molecule has 1 heterocycles.